The molecule has 0 aromatic heterocycles. The second-order valence-corrected chi connectivity index (χ2v) is 4.48. The molecule has 108 valence electrons. The van der Waals surface area contributed by atoms with Gasteiger partial charge in [0.05, 0.1) is 0 Å². The van der Waals surface area contributed by atoms with E-state index < -0.39 is 12.1 Å². The van der Waals surface area contributed by atoms with Gasteiger partial charge in [0, 0.05) is 6.54 Å². The Kier molecular flexibility index (Phi) is 5.77. The molecule has 0 radical (unpaired) electrons. The topological polar surface area (TPSA) is 66.8 Å². The Morgan fingerprint density at radius 3 is 2.75 bits per heavy atom. The van der Waals surface area contributed by atoms with Crippen molar-refractivity contribution in [1.29, 1.82) is 0 Å². The number of hydrogen-bond acceptors (Lipinski definition) is 3. The van der Waals surface area contributed by atoms with Crippen LogP contribution in [0.15, 0.2) is 36.9 Å². The Morgan fingerprint density at radius 2 is 2.20 bits per heavy atom. The van der Waals surface area contributed by atoms with Crippen LogP contribution in [0.2, 0.25) is 0 Å². The zero-order valence-electron chi connectivity index (χ0n) is 11.7. The molecule has 0 bridgehead atoms. The summed E-state index contributed by atoms with van der Waals surface area (Å²) in [4.78, 5) is 24.1. The zero-order valence-corrected chi connectivity index (χ0v) is 11.7. The van der Waals surface area contributed by atoms with Crippen molar-refractivity contribution >= 4 is 11.9 Å². The van der Waals surface area contributed by atoms with Crippen LogP contribution in [0.25, 0.3) is 0 Å². The van der Waals surface area contributed by atoms with E-state index in [0.29, 0.717) is 5.75 Å². The lowest BCUT2D eigenvalue weighted by Gasteiger charge is -2.23. The molecule has 0 saturated heterocycles. The summed E-state index contributed by atoms with van der Waals surface area (Å²) in [6.07, 6.45) is 0.733. The maximum Gasteiger partial charge on any atom is 0.323 e. The summed E-state index contributed by atoms with van der Waals surface area (Å²) in [5, 5.41) is 8.80. The number of carbonyl (C=O) groups is 2. The summed E-state index contributed by atoms with van der Waals surface area (Å²) in [6.45, 7) is 6.85. The Labute approximate surface area is 118 Å². The van der Waals surface area contributed by atoms with Crippen LogP contribution < -0.4 is 4.74 Å². The Morgan fingerprint density at radius 1 is 1.50 bits per heavy atom. The molecule has 0 spiro atoms. The Bertz CT molecular complexity index is 498. The van der Waals surface area contributed by atoms with Crippen LogP contribution in [-0.2, 0) is 9.59 Å². The van der Waals surface area contributed by atoms with Gasteiger partial charge < -0.3 is 14.7 Å². The van der Waals surface area contributed by atoms with Crippen molar-refractivity contribution < 1.29 is 19.4 Å². The number of carboxylic acids is 1. The number of carbonyl (C=O) groups excluding carboxylic acids is 1. The summed E-state index contributed by atoms with van der Waals surface area (Å²) >= 11 is 0. The van der Waals surface area contributed by atoms with Crippen molar-refractivity contribution in [2.24, 2.45) is 0 Å². The van der Waals surface area contributed by atoms with Gasteiger partial charge in [-0.15, -0.1) is 6.58 Å². The standard InChI is InChI=1S/C15H19NO4/c1-4-8-16(10-14(17)18)15(19)12(3)20-13-7-5-6-11(2)9-13/h4-7,9,12H,1,8,10H2,2-3H3,(H,17,18). The van der Waals surface area contributed by atoms with Gasteiger partial charge in [-0.05, 0) is 31.5 Å². The first-order valence-electron chi connectivity index (χ1n) is 6.29. The average molecular weight is 277 g/mol. The monoisotopic (exact) mass is 277 g/mol. The average Bonchev–Trinajstić information content (AvgIpc) is 2.36. The number of aliphatic carboxylic acids is 1. The van der Waals surface area contributed by atoms with Crippen LogP contribution in [0.4, 0.5) is 0 Å². The van der Waals surface area contributed by atoms with Crippen molar-refractivity contribution in [3.05, 3.63) is 42.5 Å². The van der Waals surface area contributed by atoms with Gasteiger partial charge in [-0.1, -0.05) is 18.2 Å². The SMILES string of the molecule is C=CCN(CC(=O)O)C(=O)C(C)Oc1cccc(C)c1. The summed E-state index contributed by atoms with van der Waals surface area (Å²) in [5.41, 5.74) is 1.02. The van der Waals surface area contributed by atoms with Gasteiger partial charge in [-0.3, -0.25) is 9.59 Å². The molecule has 1 aromatic rings. The highest BCUT2D eigenvalue weighted by molar-refractivity contribution is 5.84. The van der Waals surface area contributed by atoms with E-state index in [0.717, 1.165) is 5.56 Å². The normalized spacial score (nSPS) is 11.5. The number of ether oxygens (including phenoxy) is 1. The van der Waals surface area contributed by atoms with Crippen LogP contribution in [-0.4, -0.2) is 41.1 Å². The molecule has 1 N–H and O–H groups in total. The van der Waals surface area contributed by atoms with Crippen LogP contribution >= 0.6 is 0 Å². The summed E-state index contributed by atoms with van der Waals surface area (Å²) in [6, 6.07) is 7.33. The fraction of sp³-hybridized carbons (Fsp3) is 0.333. The molecule has 0 heterocycles. The molecule has 1 aromatic carbocycles. The van der Waals surface area contributed by atoms with E-state index in [1.807, 2.05) is 25.1 Å². The van der Waals surface area contributed by atoms with Crippen molar-refractivity contribution in [2.45, 2.75) is 20.0 Å². The van der Waals surface area contributed by atoms with Gasteiger partial charge >= 0.3 is 5.97 Å². The molecule has 0 aliphatic carbocycles. The van der Waals surface area contributed by atoms with Crippen molar-refractivity contribution in [2.75, 3.05) is 13.1 Å². The van der Waals surface area contributed by atoms with E-state index in [4.69, 9.17) is 9.84 Å². The van der Waals surface area contributed by atoms with Crippen molar-refractivity contribution in [3.8, 4) is 5.75 Å². The number of aryl methyl sites for hydroxylation is 1. The maximum atomic E-state index is 12.1. The minimum Gasteiger partial charge on any atom is -0.481 e. The summed E-state index contributed by atoms with van der Waals surface area (Å²) in [7, 11) is 0. The third-order valence-corrected chi connectivity index (χ3v) is 2.64. The number of nitrogens with zero attached hydrogens (tertiary/aromatic N) is 1. The smallest absolute Gasteiger partial charge is 0.323 e. The largest absolute Gasteiger partial charge is 0.481 e. The third-order valence-electron chi connectivity index (χ3n) is 2.64. The molecule has 1 unspecified atom stereocenters. The fourth-order valence-electron chi connectivity index (χ4n) is 1.75. The van der Waals surface area contributed by atoms with E-state index in [1.54, 1.807) is 13.0 Å². The predicted molar refractivity (Wildman–Crippen MR) is 75.7 cm³/mol. The van der Waals surface area contributed by atoms with E-state index >= 15 is 0 Å². The Balaban J connectivity index is 2.73. The van der Waals surface area contributed by atoms with Crippen molar-refractivity contribution in [1.82, 2.24) is 4.90 Å². The summed E-state index contributed by atoms with van der Waals surface area (Å²) < 4.78 is 5.55. The van der Waals surface area contributed by atoms with Gasteiger partial charge in [0.1, 0.15) is 12.3 Å². The molecule has 5 heteroatoms. The van der Waals surface area contributed by atoms with E-state index in [9.17, 15) is 9.59 Å². The molecule has 20 heavy (non-hydrogen) atoms. The predicted octanol–water partition coefficient (Wildman–Crippen LogP) is 1.86. The minimum absolute atomic E-state index is 0.173. The molecule has 0 aliphatic rings. The highest BCUT2D eigenvalue weighted by Gasteiger charge is 2.23. The third kappa shape index (κ3) is 4.76. The molecular formula is C15H19NO4. The van der Waals surface area contributed by atoms with Gasteiger partial charge in [-0.25, -0.2) is 0 Å². The number of rotatable bonds is 7. The Hall–Kier alpha value is -2.30. The highest BCUT2D eigenvalue weighted by Crippen LogP contribution is 2.15. The van der Waals surface area contributed by atoms with Gasteiger partial charge in [0.25, 0.3) is 5.91 Å². The molecule has 0 saturated carbocycles. The molecule has 5 nitrogen and oxygen atoms in total. The zero-order chi connectivity index (χ0) is 15.1. The molecule has 0 fully saturated rings. The molecule has 1 rings (SSSR count). The number of amides is 1. The van der Waals surface area contributed by atoms with Crippen LogP contribution in [0, 0.1) is 6.92 Å². The lowest BCUT2D eigenvalue weighted by Crippen LogP contribution is -2.43. The molecule has 1 amide bonds. The molecule has 0 aliphatic heterocycles. The first-order valence-corrected chi connectivity index (χ1v) is 6.29. The van der Waals surface area contributed by atoms with E-state index in [2.05, 4.69) is 6.58 Å². The lowest BCUT2D eigenvalue weighted by atomic mass is 10.2. The van der Waals surface area contributed by atoms with Crippen LogP contribution in [0.3, 0.4) is 0 Å². The lowest BCUT2D eigenvalue weighted by molar-refractivity contribution is -0.146. The van der Waals surface area contributed by atoms with E-state index in [-0.39, 0.29) is 19.0 Å². The molecular weight excluding hydrogens is 258 g/mol. The quantitative estimate of drug-likeness (QED) is 0.772. The number of benzene rings is 1. The number of carboxylic acid groups (broad SMARTS) is 1. The minimum atomic E-state index is -1.07. The molecule has 1 atom stereocenters. The van der Waals surface area contributed by atoms with Crippen molar-refractivity contribution in [3.63, 3.8) is 0 Å². The second-order valence-electron chi connectivity index (χ2n) is 4.48. The van der Waals surface area contributed by atoms with Gasteiger partial charge in [-0.2, -0.15) is 0 Å². The van der Waals surface area contributed by atoms with Gasteiger partial charge in [0.15, 0.2) is 6.10 Å². The van der Waals surface area contributed by atoms with Crippen LogP contribution in [0.1, 0.15) is 12.5 Å². The highest BCUT2D eigenvalue weighted by atomic mass is 16.5. The van der Waals surface area contributed by atoms with Crippen LogP contribution in [0.5, 0.6) is 5.75 Å². The summed E-state index contributed by atoms with van der Waals surface area (Å²) in [5.74, 6) is -0.864. The van der Waals surface area contributed by atoms with Gasteiger partial charge in [0.2, 0.25) is 0 Å². The first kappa shape index (κ1) is 15.8. The first-order chi connectivity index (χ1) is 9.43. The second kappa shape index (κ2) is 7.33. The number of hydrogen-bond donors (Lipinski definition) is 1. The van der Waals surface area contributed by atoms with E-state index in [1.165, 1.54) is 11.0 Å². The fourth-order valence-corrected chi connectivity index (χ4v) is 1.75. The maximum absolute atomic E-state index is 12.1.